The number of benzene rings is 1. The molecule has 0 aliphatic heterocycles. The molecule has 0 saturated heterocycles. The van der Waals surface area contributed by atoms with Crippen molar-refractivity contribution in [3.63, 3.8) is 0 Å². The first kappa shape index (κ1) is 16.3. The molecule has 1 N–H and O–H groups in total. The van der Waals surface area contributed by atoms with Crippen LogP contribution in [0.2, 0.25) is 0 Å². The van der Waals surface area contributed by atoms with Crippen LogP contribution in [0, 0.1) is 6.92 Å². The number of hydrogen-bond donors (Lipinski definition) is 1. The molecular formula is C14H15F3N2S2. The number of halogens is 3. The fraction of sp³-hybridized carbons (Fsp3) is 0.357. The second-order valence-electron chi connectivity index (χ2n) is 4.53. The highest BCUT2D eigenvalue weighted by Crippen LogP contribution is 2.35. The molecule has 0 amide bonds. The molecule has 1 heterocycles. The van der Waals surface area contributed by atoms with E-state index in [1.165, 1.54) is 6.20 Å². The van der Waals surface area contributed by atoms with E-state index in [4.69, 9.17) is 0 Å². The van der Waals surface area contributed by atoms with Gasteiger partial charge in [-0.15, -0.1) is 23.1 Å². The van der Waals surface area contributed by atoms with Gasteiger partial charge in [0.15, 0.2) is 5.01 Å². The fourth-order valence-electron chi connectivity index (χ4n) is 1.77. The van der Waals surface area contributed by atoms with Crippen LogP contribution in [0.25, 0.3) is 0 Å². The summed E-state index contributed by atoms with van der Waals surface area (Å²) < 4.78 is 37.8. The van der Waals surface area contributed by atoms with Crippen LogP contribution < -0.4 is 5.32 Å². The number of aromatic nitrogens is 1. The third-order valence-electron chi connectivity index (χ3n) is 2.86. The van der Waals surface area contributed by atoms with Crippen LogP contribution >= 0.6 is 23.1 Å². The number of nitrogens with zero attached hydrogens (tertiary/aromatic N) is 1. The number of thioether (sulfide) groups is 1. The molecule has 0 radical (unpaired) electrons. The first-order valence-electron chi connectivity index (χ1n) is 6.30. The minimum atomic E-state index is -4.37. The van der Waals surface area contributed by atoms with Gasteiger partial charge in [-0.2, -0.15) is 13.2 Å². The van der Waals surface area contributed by atoms with Gasteiger partial charge in [0.25, 0.3) is 0 Å². The maximum atomic E-state index is 12.6. The Hall–Kier alpha value is -1.05. The Kier molecular flexibility index (Phi) is 5.29. The van der Waals surface area contributed by atoms with Crippen LogP contribution in [0.1, 0.15) is 21.5 Å². The highest BCUT2D eigenvalue weighted by atomic mass is 32.2. The van der Waals surface area contributed by atoms with Gasteiger partial charge in [-0.25, -0.2) is 4.98 Å². The van der Waals surface area contributed by atoms with Crippen molar-refractivity contribution >= 4 is 23.1 Å². The van der Waals surface area contributed by atoms with Crippen molar-refractivity contribution < 1.29 is 13.2 Å². The first-order valence-corrected chi connectivity index (χ1v) is 8.10. The summed E-state index contributed by atoms with van der Waals surface area (Å²) in [6.45, 7) is 2.01. The van der Waals surface area contributed by atoms with Crippen molar-refractivity contribution in [1.82, 2.24) is 10.3 Å². The first-order chi connectivity index (χ1) is 9.90. The maximum absolute atomic E-state index is 12.6. The molecule has 114 valence electrons. The summed E-state index contributed by atoms with van der Waals surface area (Å²) in [6.07, 6.45) is -3.06. The van der Waals surface area contributed by atoms with Crippen LogP contribution in [-0.2, 0) is 6.18 Å². The van der Waals surface area contributed by atoms with E-state index in [0.29, 0.717) is 22.0 Å². The Morgan fingerprint density at radius 2 is 2.14 bits per heavy atom. The van der Waals surface area contributed by atoms with Gasteiger partial charge in [-0.05, 0) is 26.1 Å². The second kappa shape index (κ2) is 6.81. The maximum Gasteiger partial charge on any atom is 0.443 e. The Morgan fingerprint density at radius 3 is 2.71 bits per heavy atom. The predicted molar refractivity (Wildman–Crippen MR) is 80.8 cm³/mol. The van der Waals surface area contributed by atoms with Gasteiger partial charge in [0.1, 0.15) is 0 Å². The lowest BCUT2D eigenvalue weighted by Crippen LogP contribution is -2.17. The standard InChI is InChI=1S/C14H15F3N2S2/c1-9-4-3-5-10(6-9)20-8-11(18-2)12-7-19-13(21-12)14(15,16)17/h3-7,11,18H,8H2,1-2H3. The molecule has 0 aliphatic carbocycles. The van der Waals surface area contributed by atoms with Crippen LogP contribution in [0.5, 0.6) is 0 Å². The third kappa shape index (κ3) is 4.46. The average molecular weight is 332 g/mol. The van der Waals surface area contributed by atoms with Crippen molar-refractivity contribution in [2.75, 3.05) is 12.8 Å². The van der Waals surface area contributed by atoms with Gasteiger partial charge < -0.3 is 5.32 Å². The van der Waals surface area contributed by atoms with E-state index in [1.54, 1.807) is 18.8 Å². The van der Waals surface area contributed by atoms with Crippen molar-refractivity contribution in [3.8, 4) is 0 Å². The minimum absolute atomic E-state index is 0.149. The quantitative estimate of drug-likeness (QED) is 0.815. The van der Waals surface area contributed by atoms with Gasteiger partial charge in [-0.1, -0.05) is 17.7 Å². The molecule has 21 heavy (non-hydrogen) atoms. The van der Waals surface area contributed by atoms with Crippen molar-refractivity contribution in [2.24, 2.45) is 0 Å². The summed E-state index contributed by atoms with van der Waals surface area (Å²) in [5, 5.41) is 2.26. The van der Waals surface area contributed by atoms with Gasteiger partial charge in [0.2, 0.25) is 0 Å². The molecule has 0 saturated carbocycles. The predicted octanol–water partition coefficient (Wildman–Crippen LogP) is 4.52. The molecule has 0 fully saturated rings. The molecule has 1 aromatic carbocycles. The van der Waals surface area contributed by atoms with Gasteiger partial charge in [-0.3, -0.25) is 0 Å². The van der Waals surface area contributed by atoms with Crippen LogP contribution in [-0.4, -0.2) is 17.8 Å². The number of thiazole rings is 1. The van der Waals surface area contributed by atoms with Gasteiger partial charge in [0.05, 0.1) is 6.04 Å². The molecule has 0 aliphatic rings. The van der Waals surface area contributed by atoms with E-state index in [0.717, 1.165) is 10.5 Å². The molecule has 2 aromatic rings. The fourth-order valence-corrected chi connectivity index (χ4v) is 3.92. The number of nitrogens with one attached hydrogen (secondary N) is 1. The van der Waals surface area contributed by atoms with E-state index < -0.39 is 11.2 Å². The monoisotopic (exact) mass is 332 g/mol. The third-order valence-corrected chi connectivity index (χ3v) is 5.11. The van der Waals surface area contributed by atoms with E-state index in [9.17, 15) is 13.2 Å². The Balaban J connectivity index is 2.05. The van der Waals surface area contributed by atoms with Crippen molar-refractivity contribution in [2.45, 2.75) is 24.0 Å². The van der Waals surface area contributed by atoms with Crippen LogP contribution in [0.4, 0.5) is 13.2 Å². The lowest BCUT2D eigenvalue weighted by atomic mass is 10.2. The summed E-state index contributed by atoms with van der Waals surface area (Å²) in [6, 6.07) is 7.89. The number of aryl methyl sites for hydroxylation is 1. The Bertz CT molecular complexity index is 596. The van der Waals surface area contributed by atoms with Gasteiger partial charge in [0, 0.05) is 21.7 Å². The Morgan fingerprint density at radius 1 is 1.38 bits per heavy atom. The van der Waals surface area contributed by atoms with Gasteiger partial charge >= 0.3 is 6.18 Å². The molecule has 2 rings (SSSR count). The molecule has 0 bridgehead atoms. The zero-order valence-corrected chi connectivity index (χ0v) is 13.2. The van der Waals surface area contributed by atoms with E-state index in [-0.39, 0.29) is 6.04 Å². The zero-order valence-electron chi connectivity index (χ0n) is 11.6. The minimum Gasteiger partial charge on any atom is -0.312 e. The lowest BCUT2D eigenvalue weighted by molar-refractivity contribution is -0.137. The number of alkyl halides is 3. The molecule has 2 nitrogen and oxygen atoms in total. The van der Waals surface area contributed by atoms with E-state index >= 15 is 0 Å². The topological polar surface area (TPSA) is 24.9 Å². The highest BCUT2D eigenvalue weighted by molar-refractivity contribution is 7.99. The number of hydrogen-bond acceptors (Lipinski definition) is 4. The normalized spacial score (nSPS) is 13.4. The van der Waals surface area contributed by atoms with Crippen LogP contribution in [0.3, 0.4) is 0 Å². The summed E-state index contributed by atoms with van der Waals surface area (Å²) in [7, 11) is 1.74. The SMILES string of the molecule is CNC(CSc1cccc(C)c1)c1cnc(C(F)(F)F)s1. The van der Waals surface area contributed by atoms with Crippen molar-refractivity contribution in [3.05, 3.63) is 45.9 Å². The average Bonchev–Trinajstić information content (AvgIpc) is 2.89. The van der Waals surface area contributed by atoms with E-state index in [1.807, 2.05) is 25.1 Å². The molecular weight excluding hydrogens is 317 g/mol. The Labute approximate surface area is 129 Å². The largest absolute Gasteiger partial charge is 0.443 e. The van der Waals surface area contributed by atoms with Crippen molar-refractivity contribution in [1.29, 1.82) is 0 Å². The number of rotatable bonds is 5. The van der Waals surface area contributed by atoms with E-state index in [2.05, 4.69) is 16.4 Å². The lowest BCUT2D eigenvalue weighted by Gasteiger charge is -2.13. The summed E-state index contributed by atoms with van der Waals surface area (Å²) in [5.41, 5.74) is 1.16. The smallest absolute Gasteiger partial charge is 0.312 e. The second-order valence-corrected chi connectivity index (χ2v) is 6.69. The summed E-state index contributed by atoms with van der Waals surface area (Å²) >= 11 is 2.31. The molecule has 7 heteroatoms. The zero-order chi connectivity index (χ0) is 15.5. The van der Waals surface area contributed by atoms with Crippen LogP contribution in [0.15, 0.2) is 35.4 Å². The molecule has 0 spiro atoms. The molecule has 1 aromatic heterocycles. The summed E-state index contributed by atoms with van der Waals surface area (Å²) in [4.78, 5) is 5.18. The molecule has 1 atom stereocenters. The summed E-state index contributed by atoms with van der Waals surface area (Å²) in [5.74, 6) is 0.652. The molecule has 1 unspecified atom stereocenters. The highest BCUT2D eigenvalue weighted by Gasteiger charge is 2.35.